The molecule has 7 N–H and O–H groups in total. The van der Waals surface area contributed by atoms with Gasteiger partial charge in [-0.3, -0.25) is 14.4 Å². The first-order chi connectivity index (χ1) is 21.9. The number of Topliss-reactive ketones (excluding diaryl/α,β-unsaturated/α-hetero) is 2. The van der Waals surface area contributed by atoms with Crippen molar-refractivity contribution in [2.45, 2.75) is 90.3 Å². The van der Waals surface area contributed by atoms with Crippen LogP contribution in [0.15, 0.2) is 47.2 Å². The number of hydrogen-bond acceptors (Lipinski definition) is 8. The Bertz CT molecular complexity index is 1680. The lowest BCUT2D eigenvalue weighted by Crippen LogP contribution is -2.62. The third-order valence-corrected chi connectivity index (χ3v) is 10.9. The number of nitrogens with one attached hydrogen (secondary N) is 1. The van der Waals surface area contributed by atoms with Crippen molar-refractivity contribution in [3.05, 3.63) is 69.5 Å². The van der Waals surface area contributed by atoms with Crippen LogP contribution in [0.25, 0.3) is 16.9 Å². The summed E-state index contributed by atoms with van der Waals surface area (Å²) in [6.45, 7) is 6.32. The smallest absolute Gasteiger partial charge is 0.255 e. The van der Waals surface area contributed by atoms with E-state index in [2.05, 4.69) is 30.4 Å². The maximum atomic E-state index is 14.2. The number of hydrogen-bond donors (Lipinski definition) is 6. The van der Waals surface area contributed by atoms with Crippen molar-refractivity contribution < 1.29 is 34.8 Å². The zero-order valence-corrected chi connectivity index (χ0v) is 26.7. The number of aryl methyl sites for hydroxylation is 1. The summed E-state index contributed by atoms with van der Waals surface area (Å²) in [5, 5.41) is 49.5. The number of phenols is 1. The van der Waals surface area contributed by atoms with E-state index in [1.54, 1.807) is 13.8 Å². The van der Waals surface area contributed by atoms with E-state index in [0.717, 1.165) is 35.2 Å². The molecule has 244 valence electrons. The van der Waals surface area contributed by atoms with E-state index in [9.17, 15) is 34.8 Å². The Labute approximate surface area is 269 Å². The highest BCUT2D eigenvalue weighted by molar-refractivity contribution is 6.23. The molecule has 0 radical (unpaired) electrons. The maximum absolute atomic E-state index is 14.2. The van der Waals surface area contributed by atoms with E-state index in [4.69, 9.17) is 5.73 Å². The predicted octanol–water partition coefficient (Wildman–Crippen LogP) is 4.96. The molecule has 0 aliphatic heterocycles. The molecule has 6 rings (SSSR count). The standard InChI is InChI=1S/C37H44N2O7/c1-4-20-11-10-19(17-39-22-8-6-5-7-9-22)14-24(20)23-12-13-27(40)30-25(23)15-21-16-26-28(18(2)3)32(41)31(36(38)45)35(44)37(26,46)34(43)29(21)33(30)42/h10-14,18,21-22,26,28,39-40,42,44,46H,4-9,15-17H2,1-3H3,(H2,38,45)/t21-,26-,28-,37-/m0/s1. The summed E-state index contributed by atoms with van der Waals surface area (Å²) in [6, 6.07) is 10.3. The minimum atomic E-state index is -2.62. The molecule has 9 heteroatoms. The highest BCUT2D eigenvalue weighted by atomic mass is 16.3. The summed E-state index contributed by atoms with van der Waals surface area (Å²) in [6.07, 6.45) is 7.24. The molecule has 0 aromatic heterocycles. The van der Waals surface area contributed by atoms with Gasteiger partial charge in [0.1, 0.15) is 22.8 Å². The lowest BCUT2D eigenvalue weighted by molar-refractivity contribution is -0.155. The lowest BCUT2D eigenvalue weighted by Gasteiger charge is -2.50. The van der Waals surface area contributed by atoms with Crippen LogP contribution in [-0.4, -0.2) is 49.5 Å². The molecule has 0 bridgehead atoms. The number of ketones is 2. The summed E-state index contributed by atoms with van der Waals surface area (Å²) in [7, 11) is 0. The van der Waals surface area contributed by atoms with Crippen molar-refractivity contribution >= 4 is 23.2 Å². The van der Waals surface area contributed by atoms with Gasteiger partial charge in [-0.25, -0.2) is 0 Å². The summed E-state index contributed by atoms with van der Waals surface area (Å²) in [5.74, 6) is -7.65. The molecule has 1 amide bonds. The second-order valence-electron chi connectivity index (χ2n) is 13.9. The van der Waals surface area contributed by atoms with Crippen molar-refractivity contribution in [1.29, 1.82) is 0 Å². The van der Waals surface area contributed by atoms with E-state index in [1.807, 2.05) is 6.07 Å². The molecule has 0 saturated heterocycles. The van der Waals surface area contributed by atoms with Crippen molar-refractivity contribution in [2.24, 2.45) is 29.4 Å². The van der Waals surface area contributed by atoms with E-state index >= 15 is 0 Å². The molecule has 9 nitrogen and oxygen atoms in total. The molecule has 0 spiro atoms. The average Bonchev–Trinajstić information content (AvgIpc) is 3.02. The van der Waals surface area contributed by atoms with Gasteiger partial charge in [-0.1, -0.05) is 58.2 Å². The third-order valence-electron chi connectivity index (χ3n) is 10.9. The van der Waals surface area contributed by atoms with Gasteiger partial charge < -0.3 is 31.5 Å². The van der Waals surface area contributed by atoms with Gasteiger partial charge in [-0.05, 0) is 83.9 Å². The number of amides is 1. The molecule has 4 aliphatic rings. The predicted molar refractivity (Wildman–Crippen MR) is 174 cm³/mol. The number of fused-ring (bicyclic) bond motifs is 3. The van der Waals surface area contributed by atoms with Gasteiger partial charge >= 0.3 is 0 Å². The number of phenolic OH excluding ortho intramolecular Hbond substituents is 1. The van der Waals surface area contributed by atoms with Crippen LogP contribution in [0, 0.1) is 23.7 Å². The number of benzene rings is 2. The van der Waals surface area contributed by atoms with Gasteiger partial charge in [0.15, 0.2) is 11.4 Å². The quantitative estimate of drug-likeness (QED) is 0.234. The van der Waals surface area contributed by atoms with Crippen molar-refractivity contribution in [3.63, 3.8) is 0 Å². The SMILES string of the molecule is CCc1ccc(CNC2CCCCC2)cc1-c1ccc(O)c2c1C[C@H]1C[C@H]3[C@H](C(C)C)C(=O)C(C(N)=O)=C(O)[C@@]3(O)C(=O)C1=C2O. The maximum Gasteiger partial charge on any atom is 0.255 e. The largest absolute Gasteiger partial charge is 0.508 e. The number of nitrogens with two attached hydrogens (primary N) is 1. The van der Waals surface area contributed by atoms with E-state index in [0.29, 0.717) is 11.6 Å². The second kappa shape index (κ2) is 12.0. The molecule has 46 heavy (non-hydrogen) atoms. The van der Waals surface area contributed by atoms with E-state index in [1.165, 1.54) is 38.2 Å². The summed E-state index contributed by atoms with van der Waals surface area (Å²) < 4.78 is 0. The Morgan fingerprint density at radius 2 is 1.76 bits per heavy atom. The van der Waals surface area contributed by atoms with Gasteiger partial charge in [-0.2, -0.15) is 0 Å². The second-order valence-corrected chi connectivity index (χ2v) is 13.9. The minimum Gasteiger partial charge on any atom is -0.508 e. The van der Waals surface area contributed by atoms with Gasteiger partial charge in [0, 0.05) is 30.0 Å². The van der Waals surface area contributed by atoms with Crippen LogP contribution in [-0.2, 0) is 33.8 Å². The highest BCUT2D eigenvalue weighted by Gasteiger charge is 2.64. The number of carbonyl (C=O) groups excluding carboxylic acids is 3. The van der Waals surface area contributed by atoms with Crippen LogP contribution in [0.4, 0.5) is 0 Å². The van der Waals surface area contributed by atoms with Crippen LogP contribution in [0.2, 0.25) is 0 Å². The van der Waals surface area contributed by atoms with Gasteiger partial charge in [0.25, 0.3) is 5.91 Å². The Morgan fingerprint density at radius 3 is 2.41 bits per heavy atom. The fraction of sp³-hybridized carbons (Fsp3) is 0.486. The third kappa shape index (κ3) is 4.95. The first-order valence-electron chi connectivity index (χ1n) is 16.6. The Hall–Kier alpha value is -3.95. The summed E-state index contributed by atoms with van der Waals surface area (Å²) >= 11 is 0. The Morgan fingerprint density at radius 1 is 1.04 bits per heavy atom. The molecule has 2 aromatic rings. The number of primary amides is 1. The lowest BCUT2D eigenvalue weighted by atomic mass is 9.54. The molecular weight excluding hydrogens is 584 g/mol. The monoisotopic (exact) mass is 628 g/mol. The van der Waals surface area contributed by atoms with E-state index in [-0.39, 0.29) is 35.6 Å². The van der Waals surface area contributed by atoms with Gasteiger partial charge in [0.2, 0.25) is 5.78 Å². The molecule has 4 aliphatic carbocycles. The molecule has 4 atom stereocenters. The number of rotatable bonds is 7. The average molecular weight is 629 g/mol. The highest BCUT2D eigenvalue weighted by Crippen LogP contribution is 2.55. The van der Waals surface area contributed by atoms with Crippen LogP contribution in [0.5, 0.6) is 5.75 Å². The number of carbonyl (C=O) groups is 3. The zero-order valence-electron chi connectivity index (χ0n) is 26.7. The van der Waals surface area contributed by atoms with Crippen LogP contribution in [0.1, 0.15) is 81.5 Å². The first-order valence-corrected chi connectivity index (χ1v) is 16.6. The van der Waals surface area contributed by atoms with Crippen LogP contribution in [0.3, 0.4) is 0 Å². The molecule has 0 heterocycles. The summed E-state index contributed by atoms with van der Waals surface area (Å²) in [5.41, 5.74) is 6.74. The Kier molecular flexibility index (Phi) is 8.36. The molecule has 0 unspecified atom stereocenters. The molecule has 2 aromatic carbocycles. The number of aliphatic hydroxyl groups excluding tert-OH is 2. The normalized spacial score (nSPS) is 26.7. The van der Waals surface area contributed by atoms with Crippen molar-refractivity contribution in [3.8, 4) is 16.9 Å². The van der Waals surface area contributed by atoms with Crippen molar-refractivity contribution in [1.82, 2.24) is 5.32 Å². The Balaban J connectivity index is 1.46. The topological polar surface area (TPSA) is 170 Å². The zero-order chi connectivity index (χ0) is 33.1. The number of aliphatic hydroxyl groups is 3. The van der Waals surface area contributed by atoms with Crippen LogP contribution >= 0.6 is 0 Å². The number of aromatic hydroxyl groups is 1. The minimum absolute atomic E-state index is 0.0901. The summed E-state index contributed by atoms with van der Waals surface area (Å²) in [4.78, 5) is 39.9. The fourth-order valence-electron chi connectivity index (χ4n) is 8.60. The molecular formula is C37H44N2O7. The molecule has 2 saturated carbocycles. The fourth-order valence-corrected chi connectivity index (χ4v) is 8.60. The van der Waals surface area contributed by atoms with E-state index < -0.39 is 57.9 Å². The molecule has 2 fully saturated rings. The first kappa shape index (κ1) is 32.0. The van der Waals surface area contributed by atoms with Crippen molar-refractivity contribution in [2.75, 3.05) is 0 Å². The van der Waals surface area contributed by atoms with Gasteiger partial charge in [0.05, 0.1) is 5.56 Å². The van der Waals surface area contributed by atoms with Gasteiger partial charge in [-0.15, -0.1) is 0 Å². The van der Waals surface area contributed by atoms with Crippen LogP contribution < -0.4 is 11.1 Å².